The molecule has 1 aromatic heterocycles. The summed E-state index contributed by atoms with van der Waals surface area (Å²) < 4.78 is 4.65. The first kappa shape index (κ1) is 16.2. The maximum atomic E-state index is 12.4. The molecule has 5 heteroatoms. The van der Waals surface area contributed by atoms with Crippen LogP contribution in [0.2, 0.25) is 0 Å². The van der Waals surface area contributed by atoms with Crippen molar-refractivity contribution in [3.8, 4) is 0 Å². The number of carbonyl (C=O) groups excluding carboxylic acids is 2. The number of rotatable bonds is 3. The molecule has 0 bridgehead atoms. The maximum Gasteiger partial charge on any atom is 0.348 e. The Hall–Kier alpha value is -2.14. The lowest BCUT2D eigenvalue weighted by Gasteiger charge is -2.22. The molecule has 4 nitrogen and oxygen atoms in total. The summed E-state index contributed by atoms with van der Waals surface area (Å²) in [7, 11) is 1.32. The van der Waals surface area contributed by atoms with Crippen LogP contribution in [0.4, 0.5) is 5.69 Å². The van der Waals surface area contributed by atoms with E-state index in [0.29, 0.717) is 9.75 Å². The SMILES string of the molecule is COC(=O)c1ccc(C(=O)Nc2ccccc2C(C)(C)C)s1. The van der Waals surface area contributed by atoms with Gasteiger partial charge in [-0.25, -0.2) is 4.79 Å². The summed E-state index contributed by atoms with van der Waals surface area (Å²) in [6.07, 6.45) is 0. The molecule has 0 radical (unpaired) electrons. The van der Waals surface area contributed by atoms with Crippen molar-refractivity contribution in [3.05, 3.63) is 51.7 Å². The van der Waals surface area contributed by atoms with Gasteiger partial charge in [-0.05, 0) is 29.2 Å². The standard InChI is InChI=1S/C17H19NO3S/c1-17(2,3)11-7-5-6-8-12(11)18-15(19)13-9-10-14(22-13)16(20)21-4/h5-10H,1-4H3,(H,18,19). The lowest BCUT2D eigenvalue weighted by atomic mass is 9.86. The van der Waals surface area contributed by atoms with E-state index >= 15 is 0 Å². The second kappa shape index (κ2) is 6.32. The molecule has 1 aromatic carbocycles. The summed E-state index contributed by atoms with van der Waals surface area (Å²) in [6, 6.07) is 11.0. The molecule has 22 heavy (non-hydrogen) atoms. The smallest absolute Gasteiger partial charge is 0.348 e. The lowest BCUT2D eigenvalue weighted by Crippen LogP contribution is -2.18. The Kier molecular flexibility index (Phi) is 4.66. The topological polar surface area (TPSA) is 55.4 Å². The Morgan fingerprint density at radius 3 is 2.32 bits per heavy atom. The fourth-order valence-electron chi connectivity index (χ4n) is 2.10. The van der Waals surface area contributed by atoms with Crippen LogP contribution in [0.5, 0.6) is 0 Å². The Morgan fingerprint density at radius 2 is 1.68 bits per heavy atom. The van der Waals surface area contributed by atoms with Crippen molar-refractivity contribution in [2.75, 3.05) is 12.4 Å². The van der Waals surface area contributed by atoms with E-state index in [1.54, 1.807) is 12.1 Å². The number of carbonyl (C=O) groups is 2. The molecule has 0 saturated heterocycles. The number of hydrogen-bond acceptors (Lipinski definition) is 4. The minimum absolute atomic E-state index is 0.0729. The Balaban J connectivity index is 2.23. The third-order valence-corrected chi connectivity index (χ3v) is 4.26. The quantitative estimate of drug-likeness (QED) is 0.868. The molecular formula is C17H19NO3S. The molecule has 0 fully saturated rings. The van der Waals surface area contributed by atoms with Crippen LogP contribution in [0.25, 0.3) is 0 Å². The Bertz CT molecular complexity index is 698. The van der Waals surface area contributed by atoms with Gasteiger partial charge in [0.25, 0.3) is 5.91 Å². The van der Waals surface area contributed by atoms with Crippen molar-refractivity contribution in [1.82, 2.24) is 0 Å². The summed E-state index contributed by atoms with van der Waals surface area (Å²) in [5, 5.41) is 2.92. The van der Waals surface area contributed by atoms with Crippen molar-refractivity contribution < 1.29 is 14.3 Å². The highest BCUT2D eigenvalue weighted by Crippen LogP contribution is 2.30. The highest BCUT2D eigenvalue weighted by Gasteiger charge is 2.20. The first-order valence-corrected chi connectivity index (χ1v) is 7.73. The van der Waals surface area contributed by atoms with Crippen LogP contribution in [-0.2, 0) is 10.2 Å². The lowest BCUT2D eigenvalue weighted by molar-refractivity contribution is 0.0606. The minimum Gasteiger partial charge on any atom is -0.465 e. The van der Waals surface area contributed by atoms with E-state index in [-0.39, 0.29) is 11.3 Å². The van der Waals surface area contributed by atoms with Crippen molar-refractivity contribution >= 4 is 28.9 Å². The normalized spacial score (nSPS) is 11.1. The second-order valence-corrected chi connectivity index (χ2v) is 6.99. The maximum absolute atomic E-state index is 12.4. The Morgan fingerprint density at radius 1 is 1.05 bits per heavy atom. The van der Waals surface area contributed by atoms with Gasteiger partial charge in [-0.3, -0.25) is 4.79 Å². The number of anilines is 1. The number of amides is 1. The van der Waals surface area contributed by atoms with Gasteiger partial charge in [0, 0.05) is 5.69 Å². The molecule has 0 saturated carbocycles. The fourth-order valence-corrected chi connectivity index (χ4v) is 2.92. The van der Waals surface area contributed by atoms with Crippen molar-refractivity contribution in [2.24, 2.45) is 0 Å². The van der Waals surface area contributed by atoms with Crippen LogP contribution < -0.4 is 5.32 Å². The molecule has 0 aliphatic heterocycles. The summed E-state index contributed by atoms with van der Waals surface area (Å²) in [4.78, 5) is 24.7. The zero-order valence-electron chi connectivity index (χ0n) is 13.1. The zero-order valence-corrected chi connectivity index (χ0v) is 13.9. The molecular weight excluding hydrogens is 298 g/mol. The van der Waals surface area contributed by atoms with E-state index in [0.717, 1.165) is 22.6 Å². The molecule has 2 rings (SSSR count). The van der Waals surface area contributed by atoms with Crippen molar-refractivity contribution in [3.63, 3.8) is 0 Å². The molecule has 0 spiro atoms. The first-order valence-electron chi connectivity index (χ1n) is 6.92. The summed E-state index contributed by atoms with van der Waals surface area (Å²) in [5.41, 5.74) is 1.78. The van der Waals surface area contributed by atoms with Gasteiger partial charge in [-0.2, -0.15) is 0 Å². The average molecular weight is 317 g/mol. The van der Waals surface area contributed by atoms with E-state index in [9.17, 15) is 9.59 Å². The molecule has 0 unspecified atom stereocenters. The van der Waals surface area contributed by atoms with Gasteiger partial charge in [0.05, 0.1) is 12.0 Å². The minimum atomic E-state index is -0.431. The number of esters is 1. The van der Waals surface area contributed by atoms with Crippen molar-refractivity contribution in [1.29, 1.82) is 0 Å². The van der Waals surface area contributed by atoms with Crippen LogP contribution in [0, 0.1) is 0 Å². The van der Waals surface area contributed by atoms with Crippen LogP contribution in [0.1, 0.15) is 45.7 Å². The fraction of sp³-hybridized carbons (Fsp3) is 0.294. The van der Waals surface area contributed by atoms with Gasteiger partial charge >= 0.3 is 5.97 Å². The molecule has 1 heterocycles. The molecule has 0 atom stereocenters. The highest BCUT2D eigenvalue weighted by atomic mass is 32.1. The van der Waals surface area contributed by atoms with E-state index in [4.69, 9.17) is 0 Å². The van der Waals surface area contributed by atoms with Gasteiger partial charge in [-0.1, -0.05) is 39.0 Å². The van der Waals surface area contributed by atoms with Crippen LogP contribution in [0.15, 0.2) is 36.4 Å². The average Bonchev–Trinajstić information content (AvgIpc) is 2.95. The molecule has 1 N–H and O–H groups in total. The number of benzene rings is 1. The van der Waals surface area contributed by atoms with Gasteiger partial charge in [0.2, 0.25) is 0 Å². The van der Waals surface area contributed by atoms with E-state index in [2.05, 4.69) is 30.8 Å². The monoisotopic (exact) mass is 317 g/mol. The third-order valence-electron chi connectivity index (χ3n) is 3.20. The van der Waals surface area contributed by atoms with Gasteiger partial charge in [0.1, 0.15) is 4.88 Å². The van der Waals surface area contributed by atoms with E-state index in [1.807, 2.05) is 24.3 Å². The third kappa shape index (κ3) is 3.54. The second-order valence-electron chi connectivity index (χ2n) is 5.91. The predicted octanol–water partition coefficient (Wildman–Crippen LogP) is 4.08. The number of methoxy groups -OCH3 is 1. The molecule has 1 amide bonds. The summed E-state index contributed by atoms with van der Waals surface area (Å²) in [5.74, 6) is -0.656. The molecule has 0 aliphatic carbocycles. The summed E-state index contributed by atoms with van der Waals surface area (Å²) in [6.45, 7) is 6.29. The Labute approximate surface area is 134 Å². The highest BCUT2D eigenvalue weighted by molar-refractivity contribution is 7.16. The van der Waals surface area contributed by atoms with Crippen LogP contribution in [-0.4, -0.2) is 19.0 Å². The zero-order chi connectivity index (χ0) is 16.3. The summed E-state index contributed by atoms with van der Waals surface area (Å²) >= 11 is 1.12. The number of para-hydroxylation sites is 1. The van der Waals surface area contributed by atoms with E-state index < -0.39 is 5.97 Å². The number of hydrogen-bond donors (Lipinski definition) is 1. The van der Waals surface area contributed by atoms with Gasteiger partial charge < -0.3 is 10.1 Å². The van der Waals surface area contributed by atoms with Crippen LogP contribution in [0.3, 0.4) is 0 Å². The molecule has 0 aliphatic rings. The first-order chi connectivity index (χ1) is 10.3. The van der Waals surface area contributed by atoms with Gasteiger partial charge in [0.15, 0.2) is 0 Å². The predicted molar refractivity (Wildman–Crippen MR) is 88.8 cm³/mol. The van der Waals surface area contributed by atoms with Crippen LogP contribution >= 0.6 is 11.3 Å². The molecule has 116 valence electrons. The van der Waals surface area contributed by atoms with E-state index in [1.165, 1.54) is 7.11 Å². The van der Waals surface area contributed by atoms with Crippen molar-refractivity contribution in [2.45, 2.75) is 26.2 Å². The number of ether oxygens (including phenoxy) is 1. The molecule has 2 aromatic rings. The number of thiophene rings is 1. The number of nitrogens with one attached hydrogen (secondary N) is 1. The van der Waals surface area contributed by atoms with Gasteiger partial charge in [-0.15, -0.1) is 11.3 Å². The largest absolute Gasteiger partial charge is 0.465 e.